The second-order valence-corrected chi connectivity index (χ2v) is 8.56. The van der Waals surface area contributed by atoms with Crippen LogP contribution in [0.15, 0.2) is 0 Å². The first-order valence-corrected chi connectivity index (χ1v) is 11.4. The number of piperidine rings is 1. The van der Waals surface area contributed by atoms with E-state index in [-0.39, 0.29) is 48.9 Å². The minimum atomic E-state index is -4.69. The van der Waals surface area contributed by atoms with Gasteiger partial charge in [-0.1, -0.05) is 0 Å². The quantitative estimate of drug-likeness (QED) is 0.537. The molecule has 0 radical (unpaired) electrons. The molecular weight excluding hydrogens is 469 g/mol. The van der Waals surface area contributed by atoms with Gasteiger partial charge in [0.05, 0.1) is 19.1 Å². The van der Waals surface area contributed by atoms with Gasteiger partial charge in [-0.3, -0.25) is 14.4 Å². The third kappa shape index (κ3) is 6.06. The molecule has 0 N–H and O–H groups in total. The Kier molecular flexibility index (Phi) is 7.96. The highest BCUT2D eigenvalue weighted by atomic mass is 19.4. The van der Waals surface area contributed by atoms with Crippen LogP contribution in [0, 0.1) is 19.8 Å². The number of aromatic nitrogens is 4. The van der Waals surface area contributed by atoms with Crippen molar-refractivity contribution >= 4 is 23.6 Å². The van der Waals surface area contributed by atoms with E-state index in [2.05, 4.69) is 15.1 Å². The van der Waals surface area contributed by atoms with Crippen molar-refractivity contribution in [3.63, 3.8) is 0 Å². The third-order valence-electron chi connectivity index (χ3n) is 6.16. The number of halogens is 3. The first kappa shape index (κ1) is 26.4. The molecule has 1 fully saturated rings. The number of nitrogens with zero attached hydrogens (tertiary/aromatic N) is 6. The van der Waals surface area contributed by atoms with Gasteiger partial charge >= 0.3 is 12.1 Å². The molecule has 0 bridgehead atoms. The number of alkyl halides is 3. The van der Waals surface area contributed by atoms with Crippen LogP contribution in [-0.4, -0.2) is 80.5 Å². The largest absolute Gasteiger partial charge is 0.466 e. The van der Waals surface area contributed by atoms with Crippen molar-refractivity contribution in [3.8, 4) is 0 Å². The van der Waals surface area contributed by atoms with E-state index in [0.29, 0.717) is 49.5 Å². The van der Waals surface area contributed by atoms with E-state index < -0.39 is 12.0 Å². The molecule has 0 spiro atoms. The van der Waals surface area contributed by atoms with Crippen LogP contribution in [0.1, 0.15) is 49.0 Å². The number of amides is 2. The average Bonchev–Trinajstić information content (AvgIpc) is 3.23. The summed E-state index contributed by atoms with van der Waals surface area (Å²) < 4.78 is 44.9. The highest BCUT2D eigenvalue weighted by molar-refractivity contribution is 5.85. The Morgan fingerprint density at radius 1 is 1.14 bits per heavy atom. The highest BCUT2D eigenvalue weighted by Crippen LogP contribution is 2.27. The predicted molar refractivity (Wildman–Crippen MR) is 117 cm³/mol. The minimum absolute atomic E-state index is 0.0460. The van der Waals surface area contributed by atoms with Crippen LogP contribution in [-0.2, 0) is 31.7 Å². The number of ether oxygens (including phenoxy) is 1. The van der Waals surface area contributed by atoms with Crippen molar-refractivity contribution in [2.45, 2.75) is 52.6 Å². The Morgan fingerprint density at radius 3 is 2.40 bits per heavy atom. The van der Waals surface area contributed by atoms with Crippen LogP contribution in [0.5, 0.6) is 0 Å². The molecule has 3 heterocycles. The highest BCUT2D eigenvalue weighted by Gasteiger charge is 2.37. The zero-order chi connectivity index (χ0) is 25.9. The second kappa shape index (κ2) is 10.6. The Bertz CT molecular complexity index is 1110. The molecule has 10 nitrogen and oxygen atoms in total. The standard InChI is InChI=1S/C22H29F3N6O4/c1-5-35-19(34)15-8-10-30(11-9-15)18(33)12-29(4)17(32)7-6-16-13(2)26-21-27-20(22(23,24)25)28-31(21)14(16)3/h15H,5-12H2,1-4H3. The molecule has 2 aromatic rings. The van der Waals surface area contributed by atoms with E-state index in [0.717, 1.165) is 4.52 Å². The Balaban J connectivity index is 1.56. The van der Waals surface area contributed by atoms with Crippen molar-refractivity contribution in [3.05, 3.63) is 22.8 Å². The summed E-state index contributed by atoms with van der Waals surface area (Å²) in [6.45, 7) is 6.06. The van der Waals surface area contributed by atoms with Crippen molar-refractivity contribution in [1.29, 1.82) is 0 Å². The zero-order valence-electron chi connectivity index (χ0n) is 20.2. The fourth-order valence-electron chi connectivity index (χ4n) is 4.13. The number of likely N-dealkylation sites (N-methyl/N-ethyl adjacent to an activating group) is 1. The van der Waals surface area contributed by atoms with Crippen molar-refractivity contribution in [2.75, 3.05) is 33.3 Å². The van der Waals surface area contributed by atoms with Crippen LogP contribution in [0.25, 0.3) is 5.78 Å². The Morgan fingerprint density at radius 2 is 1.80 bits per heavy atom. The van der Waals surface area contributed by atoms with Crippen molar-refractivity contribution < 1.29 is 32.3 Å². The van der Waals surface area contributed by atoms with Gasteiger partial charge in [0.25, 0.3) is 11.6 Å². The zero-order valence-corrected chi connectivity index (χ0v) is 20.2. The van der Waals surface area contributed by atoms with Gasteiger partial charge in [-0.25, -0.2) is 9.50 Å². The summed E-state index contributed by atoms with van der Waals surface area (Å²) in [7, 11) is 1.53. The summed E-state index contributed by atoms with van der Waals surface area (Å²) in [4.78, 5) is 47.6. The minimum Gasteiger partial charge on any atom is -0.466 e. The molecule has 0 atom stereocenters. The Labute approximate surface area is 200 Å². The molecule has 2 aromatic heterocycles. The summed E-state index contributed by atoms with van der Waals surface area (Å²) >= 11 is 0. The first-order valence-electron chi connectivity index (χ1n) is 11.4. The van der Waals surface area contributed by atoms with Crippen LogP contribution in [0.2, 0.25) is 0 Å². The van der Waals surface area contributed by atoms with Gasteiger partial charge in [-0.15, -0.1) is 5.10 Å². The number of hydrogen-bond donors (Lipinski definition) is 0. The lowest BCUT2D eigenvalue weighted by atomic mass is 9.97. The topological polar surface area (TPSA) is 110 Å². The molecule has 0 aliphatic carbocycles. The number of rotatable bonds is 7. The van der Waals surface area contributed by atoms with Crippen LogP contribution < -0.4 is 0 Å². The van der Waals surface area contributed by atoms with Crippen LogP contribution >= 0.6 is 0 Å². The van der Waals surface area contributed by atoms with Gasteiger partial charge < -0.3 is 14.5 Å². The molecule has 1 saturated heterocycles. The average molecular weight is 499 g/mol. The smallest absolute Gasteiger partial charge is 0.453 e. The molecule has 1 aliphatic heterocycles. The maximum atomic E-state index is 13.0. The molecule has 3 rings (SSSR count). The lowest BCUT2D eigenvalue weighted by Gasteiger charge is -2.32. The number of aryl methyl sites for hydroxylation is 2. The SMILES string of the molecule is CCOC(=O)C1CCN(C(=O)CN(C)C(=O)CCc2c(C)nc3nc(C(F)(F)F)nn3c2C)CC1. The molecule has 192 valence electrons. The number of esters is 1. The van der Waals surface area contributed by atoms with E-state index in [1.54, 1.807) is 25.7 Å². The van der Waals surface area contributed by atoms with E-state index in [1.807, 2.05) is 0 Å². The van der Waals surface area contributed by atoms with Crippen molar-refractivity contribution in [1.82, 2.24) is 29.4 Å². The lowest BCUT2D eigenvalue weighted by Crippen LogP contribution is -2.45. The number of likely N-dealkylation sites (tertiary alicyclic amines) is 1. The van der Waals surface area contributed by atoms with Crippen molar-refractivity contribution in [2.24, 2.45) is 5.92 Å². The van der Waals surface area contributed by atoms with Gasteiger partial charge in [0.15, 0.2) is 0 Å². The van der Waals surface area contributed by atoms with Crippen LogP contribution in [0.3, 0.4) is 0 Å². The Hall–Kier alpha value is -3.25. The van der Waals surface area contributed by atoms with Gasteiger partial charge in [-0.2, -0.15) is 18.2 Å². The van der Waals surface area contributed by atoms with Gasteiger partial charge in [-0.05, 0) is 45.6 Å². The number of carbonyl (C=O) groups is 3. The first-order chi connectivity index (χ1) is 16.4. The number of hydrogen-bond acceptors (Lipinski definition) is 7. The molecule has 2 amide bonds. The molecular formula is C22H29F3N6O4. The molecule has 0 saturated carbocycles. The second-order valence-electron chi connectivity index (χ2n) is 8.56. The van der Waals surface area contributed by atoms with E-state index >= 15 is 0 Å². The van der Waals surface area contributed by atoms with E-state index in [4.69, 9.17) is 4.74 Å². The van der Waals surface area contributed by atoms with Crippen LogP contribution in [0.4, 0.5) is 13.2 Å². The third-order valence-corrected chi connectivity index (χ3v) is 6.16. The summed E-state index contributed by atoms with van der Waals surface area (Å²) in [5, 5.41) is 3.51. The van der Waals surface area contributed by atoms with E-state index in [1.165, 1.54) is 11.9 Å². The number of carbonyl (C=O) groups excluding carboxylic acids is 3. The summed E-state index contributed by atoms with van der Waals surface area (Å²) in [5.74, 6) is -2.38. The van der Waals surface area contributed by atoms with Gasteiger partial charge in [0.1, 0.15) is 0 Å². The monoisotopic (exact) mass is 498 g/mol. The fourth-order valence-corrected chi connectivity index (χ4v) is 4.13. The summed E-state index contributed by atoms with van der Waals surface area (Å²) in [6, 6.07) is 0. The summed E-state index contributed by atoms with van der Waals surface area (Å²) in [5.41, 5.74) is 1.49. The molecule has 0 unspecified atom stereocenters. The predicted octanol–water partition coefficient (Wildman–Crippen LogP) is 1.95. The van der Waals surface area contributed by atoms with Gasteiger partial charge in [0, 0.05) is 37.9 Å². The van der Waals surface area contributed by atoms with Gasteiger partial charge in [0.2, 0.25) is 11.8 Å². The number of fused-ring (bicyclic) bond motifs is 1. The molecule has 35 heavy (non-hydrogen) atoms. The maximum Gasteiger partial charge on any atom is 0.453 e. The lowest BCUT2D eigenvalue weighted by molar-refractivity contribution is -0.151. The normalized spacial score (nSPS) is 14.9. The fraction of sp³-hybridized carbons (Fsp3) is 0.636. The molecule has 1 aliphatic rings. The summed E-state index contributed by atoms with van der Waals surface area (Å²) in [6.07, 6.45) is -3.37. The van der Waals surface area contributed by atoms with E-state index in [9.17, 15) is 27.6 Å². The molecule has 13 heteroatoms. The molecule has 0 aromatic carbocycles. The maximum absolute atomic E-state index is 13.0.